The number of aliphatic hydroxyl groups is 1. The number of hydrogen-bond acceptors (Lipinski definition) is 7. The van der Waals surface area contributed by atoms with Crippen LogP contribution in [0, 0.1) is 13.8 Å². The van der Waals surface area contributed by atoms with Gasteiger partial charge in [0, 0.05) is 26.1 Å². The van der Waals surface area contributed by atoms with E-state index < -0.39 is 40.7 Å². The van der Waals surface area contributed by atoms with Crippen LogP contribution >= 0.6 is 0 Å². The van der Waals surface area contributed by atoms with Crippen LogP contribution in [-0.2, 0) is 29.1 Å². The molecule has 2 N–H and O–H groups in total. The lowest BCUT2D eigenvalue weighted by Gasteiger charge is -2.23. The molecule has 0 aromatic heterocycles. The fourth-order valence-corrected chi connectivity index (χ4v) is 4.83. The topological polar surface area (TPSA) is 122 Å². The fourth-order valence-electron chi connectivity index (χ4n) is 3.11. The Kier molecular flexibility index (Phi) is 7.75. The number of aliphatic hydroxyl groups excluding tert-OH is 1. The lowest BCUT2D eigenvalue weighted by molar-refractivity contribution is -0.152. The molecule has 2 rings (SSSR count). The molecule has 0 saturated carbocycles. The van der Waals surface area contributed by atoms with Crippen LogP contribution < -0.4 is 5.32 Å². The highest BCUT2D eigenvalue weighted by atomic mass is 32.2. The first kappa shape index (κ1) is 23.3. The molecule has 10 heteroatoms. The summed E-state index contributed by atoms with van der Waals surface area (Å²) in [6, 6.07) is 3.23. The van der Waals surface area contributed by atoms with Gasteiger partial charge in [0.15, 0.2) is 6.61 Å². The molecule has 29 heavy (non-hydrogen) atoms. The number of β-amino-alcohol motifs (C(OH)–C–C–N with tert-alkyl or cyclic N) is 1. The van der Waals surface area contributed by atoms with Gasteiger partial charge in [0.05, 0.1) is 17.6 Å². The van der Waals surface area contributed by atoms with E-state index in [-0.39, 0.29) is 23.9 Å². The van der Waals surface area contributed by atoms with Crippen LogP contribution in [0.3, 0.4) is 0 Å². The molecule has 1 saturated heterocycles. The predicted molar refractivity (Wildman–Crippen MR) is 105 cm³/mol. The standard InChI is InChI=1S/C19H28N2O7S/c1-12-5-6-16(7-13(12)2)29(25,26)21-9-15(22)8-17(21)19(24)28-11-18(23)20-14(3)10-27-4/h5-7,14-15,17,22H,8-11H2,1-4H3,(H,20,23). The summed E-state index contributed by atoms with van der Waals surface area (Å²) in [5, 5.41) is 12.6. The maximum atomic E-state index is 13.0. The summed E-state index contributed by atoms with van der Waals surface area (Å²) in [5.74, 6) is -1.39. The quantitative estimate of drug-likeness (QED) is 0.564. The number of benzene rings is 1. The predicted octanol–water partition coefficient (Wildman–Crippen LogP) is 0.122. The number of aryl methyl sites for hydroxylation is 2. The van der Waals surface area contributed by atoms with Crippen LogP contribution in [0.1, 0.15) is 24.5 Å². The van der Waals surface area contributed by atoms with Gasteiger partial charge in [0.1, 0.15) is 6.04 Å². The Labute approximate surface area is 171 Å². The third kappa shape index (κ3) is 5.75. The lowest BCUT2D eigenvalue weighted by atomic mass is 10.1. The molecule has 9 nitrogen and oxygen atoms in total. The number of esters is 1. The Morgan fingerprint density at radius 1 is 1.31 bits per heavy atom. The molecule has 0 bridgehead atoms. The van der Waals surface area contributed by atoms with Crippen molar-refractivity contribution in [3.63, 3.8) is 0 Å². The molecule has 3 unspecified atom stereocenters. The molecule has 1 aliphatic rings. The summed E-state index contributed by atoms with van der Waals surface area (Å²) in [4.78, 5) is 24.4. The molecule has 0 aliphatic carbocycles. The van der Waals surface area contributed by atoms with Gasteiger partial charge < -0.3 is 19.9 Å². The summed E-state index contributed by atoms with van der Waals surface area (Å²) in [6.45, 7) is 4.93. The average molecular weight is 429 g/mol. The number of nitrogens with one attached hydrogen (secondary N) is 1. The molecule has 0 spiro atoms. The molecule has 1 amide bonds. The van der Waals surface area contributed by atoms with E-state index in [9.17, 15) is 23.1 Å². The van der Waals surface area contributed by atoms with Gasteiger partial charge in [-0.25, -0.2) is 8.42 Å². The number of nitrogens with zero attached hydrogens (tertiary/aromatic N) is 1. The maximum absolute atomic E-state index is 13.0. The number of carbonyl (C=O) groups is 2. The molecule has 1 aromatic rings. The largest absolute Gasteiger partial charge is 0.454 e. The van der Waals surface area contributed by atoms with Crippen molar-refractivity contribution >= 4 is 21.9 Å². The minimum atomic E-state index is -4.01. The first-order valence-electron chi connectivity index (χ1n) is 9.28. The summed E-state index contributed by atoms with van der Waals surface area (Å²) in [6.07, 6.45) is -1.09. The summed E-state index contributed by atoms with van der Waals surface area (Å²) in [5.41, 5.74) is 1.74. The summed E-state index contributed by atoms with van der Waals surface area (Å²) >= 11 is 0. The highest BCUT2D eigenvalue weighted by Crippen LogP contribution is 2.28. The van der Waals surface area contributed by atoms with E-state index in [4.69, 9.17) is 9.47 Å². The van der Waals surface area contributed by atoms with E-state index in [1.165, 1.54) is 19.2 Å². The Hall–Kier alpha value is -2.01. The van der Waals surface area contributed by atoms with Crippen LogP contribution in [0.15, 0.2) is 23.1 Å². The van der Waals surface area contributed by atoms with E-state index >= 15 is 0 Å². The first-order chi connectivity index (χ1) is 13.6. The minimum Gasteiger partial charge on any atom is -0.454 e. The molecule has 1 aliphatic heterocycles. The van der Waals surface area contributed by atoms with Crippen molar-refractivity contribution in [1.29, 1.82) is 0 Å². The van der Waals surface area contributed by atoms with Crippen LogP contribution in [0.4, 0.5) is 0 Å². The Bertz CT molecular complexity index is 856. The van der Waals surface area contributed by atoms with Gasteiger partial charge in [-0.2, -0.15) is 4.31 Å². The van der Waals surface area contributed by atoms with Gasteiger partial charge in [-0.15, -0.1) is 0 Å². The van der Waals surface area contributed by atoms with E-state index in [1.54, 1.807) is 19.9 Å². The summed E-state index contributed by atoms with van der Waals surface area (Å²) in [7, 11) is -2.52. The molecular formula is C19H28N2O7S. The Morgan fingerprint density at radius 2 is 2.00 bits per heavy atom. The lowest BCUT2D eigenvalue weighted by Crippen LogP contribution is -2.43. The van der Waals surface area contributed by atoms with Crippen molar-refractivity contribution in [1.82, 2.24) is 9.62 Å². The van der Waals surface area contributed by atoms with Gasteiger partial charge >= 0.3 is 5.97 Å². The van der Waals surface area contributed by atoms with Crippen molar-refractivity contribution in [2.24, 2.45) is 0 Å². The van der Waals surface area contributed by atoms with Gasteiger partial charge in [0.2, 0.25) is 10.0 Å². The molecule has 1 fully saturated rings. The average Bonchev–Trinajstić information content (AvgIpc) is 3.04. The monoisotopic (exact) mass is 428 g/mol. The molecular weight excluding hydrogens is 400 g/mol. The third-order valence-electron chi connectivity index (χ3n) is 4.76. The number of sulfonamides is 1. The molecule has 1 heterocycles. The van der Waals surface area contributed by atoms with Gasteiger partial charge in [0.25, 0.3) is 5.91 Å². The van der Waals surface area contributed by atoms with Crippen molar-refractivity contribution in [2.45, 2.75) is 50.3 Å². The van der Waals surface area contributed by atoms with Crippen LogP contribution in [0.2, 0.25) is 0 Å². The second kappa shape index (κ2) is 9.66. The molecule has 0 radical (unpaired) electrons. The zero-order valence-corrected chi connectivity index (χ0v) is 17.9. The minimum absolute atomic E-state index is 0.0404. The second-order valence-corrected chi connectivity index (χ2v) is 9.15. The number of amides is 1. The molecule has 162 valence electrons. The molecule has 1 aromatic carbocycles. The van der Waals surface area contributed by atoms with Crippen LogP contribution in [-0.4, -0.2) is 74.8 Å². The van der Waals surface area contributed by atoms with Crippen molar-refractivity contribution in [2.75, 3.05) is 26.9 Å². The van der Waals surface area contributed by atoms with E-state index in [0.29, 0.717) is 6.61 Å². The Morgan fingerprint density at radius 3 is 2.62 bits per heavy atom. The number of hydrogen-bond donors (Lipinski definition) is 2. The smallest absolute Gasteiger partial charge is 0.325 e. The SMILES string of the molecule is COCC(C)NC(=O)COC(=O)C1CC(O)CN1S(=O)(=O)c1ccc(C)c(C)c1. The normalized spacial score (nSPS) is 21.0. The van der Waals surface area contributed by atoms with Gasteiger partial charge in [-0.3, -0.25) is 9.59 Å². The number of methoxy groups -OCH3 is 1. The fraction of sp³-hybridized carbons (Fsp3) is 0.579. The van der Waals surface area contributed by atoms with E-state index in [1.807, 2.05) is 6.92 Å². The third-order valence-corrected chi connectivity index (χ3v) is 6.63. The Balaban J connectivity index is 2.10. The van der Waals surface area contributed by atoms with Crippen LogP contribution in [0.5, 0.6) is 0 Å². The summed E-state index contributed by atoms with van der Waals surface area (Å²) < 4.78 is 36.9. The zero-order valence-electron chi connectivity index (χ0n) is 17.0. The first-order valence-corrected chi connectivity index (χ1v) is 10.7. The van der Waals surface area contributed by atoms with Crippen LogP contribution in [0.25, 0.3) is 0 Å². The number of ether oxygens (including phenoxy) is 2. The molecule has 3 atom stereocenters. The highest BCUT2D eigenvalue weighted by Gasteiger charge is 2.44. The van der Waals surface area contributed by atoms with Crippen molar-refractivity contribution in [3.05, 3.63) is 29.3 Å². The number of carbonyl (C=O) groups excluding carboxylic acids is 2. The number of rotatable bonds is 8. The van der Waals surface area contributed by atoms with E-state index in [0.717, 1.165) is 15.4 Å². The van der Waals surface area contributed by atoms with E-state index in [2.05, 4.69) is 5.32 Å². The maximum Gasteiger partial charge on any atom is 0.325 e. The zero-order chi connectivity index (χ0) is 21.8. The highest BCUT2D eigenvalue weighted by molar-refractivity contribution is 7.89. The van der Waals surface area contributed by atoms with Crippen molar-refractivity contribution in [3.8, 4) is 0 Å². The van der Waals surface area contributed by atoms with Crippen molar-refractivity contribution < 1.29 is 32.6 Å². The van der Waals surface area contributed by atoms with Gasteiger partial charge in [-0.1, -0.05) is 6.07 Å². The van der Waals surface area contributed by atoms with Gasteiger partial charge in [-0.05, 0) is 44.0 Å². The second-order valence-electron chi connectivity index (χ2n) is 7.26.